The Bertz CT molecular complexity index is 563. The number of rotatable bonds is 5. The van der Waals surface area contributed by atoms with E-state index in [4.69, 9.17) is 0 Å². The molecule has 0 fully saturated rings. The molecule has 1 aliphatic carbocycles. The molecule has 0 aromatic heterocycles. The van der Waals surface area contributed by atoms with Crippen LogP contribution in [0.4, 0.5) is 0 Å². The van der Waals surface area contributed by atoms with Crippen molar-refractivity contribution < 1.29 is 4.79 Å². The first kappa shape index (κ1) is 18.4. The van der Waals surface area contributed by atoms with Gasteiger partial charge in [-0.3, -0.25) is 4.79 Å². The van der Waals surface area contributed by atoms with E-state index < -0.39 is 0 Å². The second-order valence-corrected chi connectivity index (χ2v) is 7.02. The summed E-state index contributed by atoms with van der Waals surface area (Å²) in [5, 5.41) is 0. The smallest absolute Gasteiger partial charge is 0.146 e. The van der Waals surface area contributed by atoms with E-state index in [2.05, 4.69) is 45.9 Å². The van der Waals surface area contributed by atoms with Gasteiger partial charge < -0.3 is 0 Å². The Balaban J connectivity index is 2.84. The van der Waals surface area contributed by atoms with Gasteiger partial charge in [0.05, 0.1) is 0 Å². The summed E-state index contributed by atoms with van der Waals surface area (Å²) in [6, 6.07) is 0. The number of allylic oxidation sites excluding steroid dienone is 10. The summed E-state index contributed by atoms with van der Waals surface area (Å²) in [6.45, 7) is 12.8. The lowest BCUT2D eigenvalue weighted by atomic mass is 9.72. The van der Waals surface area contributed by atoms with E-state index in [1.807, 2.05) is 26.0 Å². The maximum atomic E-state index is 10.7. The molecule has 120 valence electrons. The fraction of sp³-hybridized carbons (Fsp3) is 0.476. The summed E-state index contributed by atoms with van der Waals surface area (Å²) < 4.78 is 0. The SMILES string of the molecule is CC1=C(/C=C/C(C)=C/C=C/C(C)=C(\C)C=O)C(C)(C)CCC1. The minimum Gasteiger partial charge on any atom is -0.298 e. The van der Waals surface area contributed by atoms with Crippen molar-refractivity contribution in [1.29, 1.82) is 0 Å². The summed E-state index contributed by atoms with van der Waals surface area (Å²) in [4.78, 5) is 10.7. The van der Waals surface area contributed by atoms with Gasteiger partial charge in [0.2, 0.25) is 0 Å². The molecule has 0 atom stereocenters. The third-order valence-electron chi connectivity index (χ3n) is 4.56. The minimum absolute atomic E-state index is 0.287. The Morgan fingerprint density at radius 3 is 2.36 bits per heavy atom. The van der Waals surface area contributed by atoms with Gasteiger partial charge in [-0.25, -0.2) is 0 Å². The van der Waals surface area contributed by atoms with Crippen molar-refractivity contribution in [3.8, 4) is 0 Å². The molecule has 0 amide bonds. The van der Waals surface area contributed by atoms with E-state index in [-0.39, 0.29) is 5.41 Å². The lowest BCUT2D eigenvalue weighted by molar-refractivity contribution is -0.104. The van der Waals surface area contributed by atoms with Crippen LogP contribution in [0.15, 0.2) is 58.2 Å². The van der Waals surface area contributed by atoms with Crippen LogP contribution in [0.5, 0.6) is 0 Å². The van der Waals surface area contributed by atoms with Crippen molar-refractivity contribution >= 4 is 6.29 Å². The average Bonchev–Trinajstić information content (AvgIpc) is 2.45. The van der Waals surface area contributed by atoms with Gasteiger partial charge in [0, 0.05) is 0 Å². The molecule has 0 aromatic rings. The highest BCUT2D eigenvalue weighted by atomic mass is 16.1. The first-order chi connectivity index (χ1) is 10.3. The van der Waals surface area contributed by atoms with E-state index in [1.54, 1.807) is 0 Å². The van der Waals surface area contributed by atoms with Crippen molar-refractivity contribution in [2.75, 3.05) is 0 Å². The predicted molar refractivity (Wildman–Crippen MR) is 96.8 cm³/mol. The lowest BCUT2D eigenvalue weighted by Gasteiger charge is -2.32. The van der Waals surface area contributed by atoms with E-state index in [1.165, 1.54) is 36.0 Å². The number of aldehydes is 1. The molecule has 0 saturated heterocycles. The quantitative estimate of drug-likeness (QED) is 0.340. The van der Waals surface area contributed by atoms with Crippen molar-refractivity contribution in [2.45, 2.75) is 60.8 Å². The molecule has 1 heteroatoms. The molecule has 1 aliphatic rings. The molecular weight excluding hydrogens is 268 g/mol. The second kappa shape index (κ2) is 8.12. The zero-order chi connectivity index (χ0) is 16.8. The standard InChI is InChI=1S/C21H30O/c1-16(9-7-10-17(2)19(4)15-22)12-13-20-18(3)11-8-14-21(20,5)6/h7,9-10,12-13,15H,8,11,14H2,1-6H3/b10-7+,13-12+,16-9+,19-17+. The normalized spacial score (nSPS) is 20.7. The molecule has 0 unspecified atom stereocenters. The summed E-state index contributed by atoms with van der Waals surface area (Å²) >= 11 is 0. The summed E-state index contributed by atoms with van der Waals surface area (Å²) in [5.74, 6) is 0. The van der Waals surface area contributed by atoms with E-state index >= 15 is 0 Å². The van der Waals surface area contributed by atoms with Crippen molar-refractivity contribution in [3.05, 3.63) is 58.2 Å². The van der Waals surface area contributed by atoms with Gasteiger partial charge >= 0.3 is 0 Å². The monoisotopic (exact) mass is 298 g/mol. The van der Waals surface area contributed by atoms with Crippen molar-refractivity contribution in [1.82, 2.24) is 0 Å². The molecule has 0 N–H and O–H groups in total. The van der Waals surface area contributed by atoms with Crippen LogP contribution in [-0.4, -0.2) is 6.29 Å². The highest BCUT2D eigenvalue weighted by Gasteiger charge is 2.26. The van der Waals surface area contributed by atoms with Crippen LogP contribution in [-0.2, 0) is 4.79 Å². The molecule has 1 nitrogen and oxygen atoms in total. The summed E-state index contributed by atoms with van der Waals surface area (Å²) in [7, 11) is 0. The first-order valence-electron chi connectivity index (χ1n) is 8.14. The third kappa shape index (κ3) is 5.29. The van der Waals surface area contributed by atoms with Crippen LogP contribution in [0, 0.1) is 5.41 Å². The molecule has 0 saturated carbocycles. The second-order valence-electron chi connectivity index (χ2n) is 7.02. The van der Waals surface area contributed by atoms with Gasteiger partial charge in [0.15, 0.2) is 0 Å². The van der Waals surface area contributed by atoms with Crippen LogP contribution < -0.4 is 0 Å². The van der Waals surface area contributed by atoms with Gasteiger partial charge in [0.25, 0.3) is 0 Å². The summed E-state index contributed by atoms with van der Waals surface area (Å²) in [6.07, 6.45) is 15.2. The summed E-state index contributed by atoms with van der Waals surface area (Å²) in [5.41, 5.74) is 6.31. The van der Waals surface area contributed by atoms with E-state index in [0.29, 0.717) is 0 Å². The average molecular weight is 298 g/mol. The van der Waals surface area contributed by atoms with Crippen molar-refractivity contribution in [2.24, 2.45) is 5.41 Å². The van der Waals surface area contributed by atoms with Crippen LogP contribution >= 0.6 is 0 Å². The largest absolute Gasteiger partial charge is 0.298 e. The van der Waals surface area contributed by atoms with E-state index in [0.717, 1.165) is 17.4 Å². The van der Waals surface area contributed by atoms with Gasteiger partial charge in [-0.2, -0.15) is 0 Å². The number of carbonyl (C=O) groups is 1. The predicted octanol–water partition coefficient (Wildman–Crippen LogP) is 6.11. The Kier molecular flexibility index (Phi) is 6.80. The molecule has 0 aromatic carbocycles. The molecule has 22 heavy (non-hydrogen) atoms. The molecular formula is C21H30O. The van der Waals surface area contributed by atoms with Gasteiger partial charge in [-0.1, -0.05) is 55.4 Å². The topological polar surface area (TPSA) is 17.1 Å². The van der Waals surface area contributed by atoms with Crippen molar-refractivity contribution in [3.63, 3.8) is 0 Å². The molecule has 0 spiro atoms. The molecule has 1 rings (SSSR count). The highest BCUT2D eigenvalue weighted by Crippen LogP contribution is 2.40. The van der Waals surface area contributed by atoms with Crippen LogP contribution in [0.25, 0.3) is 0 Å². The minimum atomic E-state index is 0.287. The van der Waals surface area contributed by atoms with Gasteiger partial charge in [-0.15, -0.1) is 0 Å². The van der Waals surface area contributed by atoms with E-state index in [9.17, 15) is 4.79 Å². The number of carbonyl (C=O) groups excluding carboxylic acids is 1. The number of hydrogen-bond donors (Lipinski definition) is 0. The fourth-order valence-electron chi connectivity index (χ4n) is 2.85. The molecule has 0 bridgehead atoms. The molecule has 0 heterocycles. The maximum Gasteiger partial charge on any atom is 0.146 e. The molecule has 0 aliphatic heterocycles. The van der Waals surface area contributed by atoms with Crippen LogP contribution in [0.1, 0.15) is 60.8 Å². The molecule has 0 radical (unpaired) electrons. The van der Waals surface area contributed by atoms with Crippen LogP contribution in [0.2, 0.25) is 0 Å². The van der Waals surface area contributed by atoms with Gasteiger partial charge in [0.1, 0.15) is 6.29 Å². The Labute approximate surface area is 136 Å². The Hall–Kier alpha value is -1.63. The first-order valence-corrected chi connectivity index (χ1v) is 8.14. The van der Waals surface area contributed by atoms with Gasteiger partial charge in [-0.05, 0) is 69.1 Å². The maximum absolute atomic E-state index is 10.7. The number of hydrogen-bond acceptors (Lipinski definition) is 1. The van der Waals surface area contributed by atoms with Crippen LogP contribution in [0.3, 0.4) is 0 Å². The zero-order valence-electron chi connectivity index (χ0n) is 15.0. The highest BCUT2D eigenvalue weighted by molar-refractivity contribution is 5.74. The third-order valence-corrected chi connectivity index (χ3v) is 4.56. The lowest BCUT2D eigenvalue weighted by Crippen LogP contribution is -2.19. The Morgan fingerprint density at radius 2 is 1.77 bits per heavy atom. The zero-order valence-corrected chi connectivity index (χ0v) is 15.0. The fourth-order valence-corrected chi connectivity index (χ4v) is 2.85. The Morgan fingerprint density at radius 1 is 1.09 bits per heavy atom.